The van der Waals surface area contributed by atoms with Crippen molar-refractivity contribution in [3.05, 3.63) is 65.2 Å². The summed E-state index contributed by atoms with van der Waals surface area (Å²) in [5.74, 6) is -1.87. The van der Waals surface area contributed by atoms with Crippen LogP contribution in [-0.4, -0.2) is 46.2 Å². The maximum atomic E-state index is 12.4. The number of sulfone groups is 1. The number of anilines is 1. The number of aryl methyl sites for hydroxylation is 1. The van der Waals surface area contributed by atoms with Crippen molar-refractivity contribution in [3.8, 4) is 0 Å². The Kier molecular flexibility index (Phi) is 7.71. The Balaban J connectivity index is 1.97. The minimum absolute atomic E-state index is 0.312. The van der Waals surface area contributed by atoms with E-state index in [9.17, 15) is 18.0 Å². The van der Waals surface area contributed by atoms with Crippen LogP contribution in [-0.2, 0) is 25.1 Å². The zero-order chi connectivity index (χ0) is 20.6. The average molecular weight is 404 g/mol. The highest BCUT2D eigenvalue weighted by Crippen LogP contribution is 2.12. The molecule has 0 bridgehead atoms. The summed E-state index contributed by atoms with van der Waals surface area (Å²) < 4.78 is 29.6. The van der Waals surface area contributed by atoms with Gasteiger partial charge >= 0.3 is 0 Å². The van der Waals surface area contributed by atoms with E-state index in [2.05, 4.69) is 10.6 Å². The molecule has 0 radical (unpaired) electrons. The van der Waals surface area contributed by atoms with Crippen molar-refractivity contribution >= 4 is 27.3 Å². The number of hydrogen-bond donors (Lipinski definition) is 2. The van der Waals surface area contributed by atoms with Gasteiger partial charge in [-0.05, 0) is 36.8 Å². The third-order valence-corrected chi connectivity index (χ3v) is 5.33. The van der Waals surface area contributed by atoms with Crippen LogP contribution >= 0.6 is 0 Å². The number of methoxy groups -OCH3 is 1. The van der Waals surface area contributed by atoms with Crippen LogP contribution in [0, 0.1) is 6.92 Å². The number of hydrogen-bond acceptors (Lipinski definition) is 5. The quantitative estimate of drug-likeness (QED) is 0.622. The largest absolute Gasteiger partial charge is 0.383 e. The van der Waals surface area contributed by atoms with Crippen molar-refractivity contribution in [2.24, 2.45) is 0 Å². The predicted molar refractivity (Wildman–Crippen MR) is 108 cm³/mol. The SMILES string of the molecule is COCCNC(=O)c1cccc(CS(=O)(=O)CC(=O)Nc2ccc(C)cc2)c1. The lowest BCUT2D eigenvalue weighted by Gasteiger charge is -2.09. The third-order valence-electron chi connectivity index (χ3n) is 3.85. The van der Waals surface area contributed by atoms with E-state index >= 15 is 0 Å². The maximum Gasteiger partial charge on any atom is 0.251 e. The first-order chi connectivity index (χ1) is 13.3. The zero-order valence-corrected chi connectivity index (χ0v) is 16.7. The molecule has 0 aliphatic carbocycles. The lowest BCUT2D eigenvalue weighted by atomic mass is 10.1. The van der Waals surface area contributed by atoms with E-state index < -0.39 is 21.5 Å². The molecule has 2 aromatic rings. The van der Waals surface area contributed by atoms with Gasteiger partial charge in [0.25, 0.3) is 5.91 Å². The molecule has 7 nitrogen and oxygen atoms in total. The number of nitrogens with one attached hydrogen (secondary N) is 2. The molecule has 2 aromatic carbocycles. The number of carbonyl (C=O) groups excluding carboxylic acids is 2. The number of carbonyl (C=O) groups is 2. The molecule has 28 heavy (non-hydrogen) atoms. The Morgan fingerprint density at radius 1 is 1.07 bits per heavy atom. The van der Waals surface area contributed by atoms with Gasteiger partial charge in [0, 0.05) is 24.9 Å². The number of rotatable bonds is 9. The molecule has 0 atom stereocenters. The van der Waals surface area contributed by atoms with Gasteiger partial charge in [0.1, 0.15) is 5.75 Å². The summed E-state index contributed by atoms with van der Waals surface area (Å²) in [5, 5.41) is 5.25. The molecule has 0 spiro atoms. The molecule has 0 heterocycles. The molecule has 0 aromatic heterocycles. The third kappa shape index (κ3) is 7.13. The Hall–Kier alpha value is -2.71. The fourth-order valence-electron chi connectivity index (χ4n) is 2.51. The molecule has 2 N–H and O–H groups in total. The van der Waals surface area contributed by atoms with Crippen molar-refractivity contribution in [1.82, 2.24) is 5.32 Å². The van der Waals surface area contributed by atoms with E-state index in [-0.39, 0.29) is 11.7 Å². The maximum absolute atomic E-state index is 12.4. The molecule has 0 saturated heterocycles. The second-order valence-corrected chi connectivity index (χ2v) is 8.46. The Morgan fingerprint density at radius 2 is 1.79 bits per heavy atom. The Labute approximate surface area is 165 Å². The van der Waals surface area contributed by atoms with Crippen LogP contribution < -0.4 is 10.6 Å². The smallest absolute Gasteiger partial charge is 0.251 e. The first-order valence-corrected chi connectivity index (χ1v) is 10.5. The van der Waals surface area contributed by atoms with Gasteiger partial charge in [0.2, 0.25) is 5.91 Å². The highest BCUT2D eigenvalue weighted by molar-refractivity contribution is 7.91. The van der Waals surface area contributed by atoms with Crippen LogP contribution in [0.15, 0.2) is 48.5 Å². The van der Waals surface area contributed by atoms with Crippen molar-refractivity contribution in [2.45, 2.75) is 12.7 Å². The summed E-state index contributed by atoms with van der Waals surface area (Å²) in [6.45, 7) is 2.66. The van der Waals surface area contributed by atoms with Crippen LogP contribution in [0.4, 0.5) is 5.69 Å². The Bertz CT molecular complexity index is 924. The summed E-state index contributed by atoms with van der Waals surface area (Å²) in [5.41, 5.74) is 2.38. The molecule has 0 saturated carbocycles. The number of ether oxygens (including phenoxy) is 1. The molecule has 0 aliphatic rings. The van der Waals surface area contributed by atoms with Gasteiger partial charge < -0.3 is 15.4 Å². The number of benzene rings is 2. The van der Waals surface area contributed by atoms with E-state index in [1.54, 1.807) is 30.3 Å². The minimum Gasteiger partial charge on any atom is -0.383 e. The second kappa shape index (κ2) is 10.0. The highest BCUT2D eigenvalue weighted by atomic mass is 32.2. The fourth-order valence-corrected chi connectivity index (χ4v) is 3.77. The van der Waals surface area contributed by atoms with E-state index in [1.807, 2.05) is 19.1 Å². The summed E-state index contributed by atoms with van der Waals surface area (Å²) in [7, 11) is -2.15. The van der Waals surface area contributed by atoms with E-state index in [0.717, 1.165) is 5.56 Å². The lowest BCUT2D eigenvalue weighted by molar-refractivity contribution is -0.113. The van der Waals surface area contributed by atoms with Gasteiger partial charge in [0.15, 0.2) is 9.84 Å². The topological polar surface area (TPSA) is 102 Å². The van der Waals surface area contributed by atoms with Gasteiger partial charge in [-0.1, -0.05) is 29.8 Å². The molecule has 150 valence electrons. The van der Waals surface area contributed by atoms with Crippen molar-refractivity contribution < 1.29 is 22.7 Å². The Morgan fingerprint density at radius 3 is 2.46 bits per heavy atom. The van der Waals surface area contributed by atoms with Gasteiger partial charge in [-0.3, -0.25) is 9.59 Å². The van der Waals surface area contributed by atoms with E-state index in [0.29, 0.717) is 30.0 Å². The molecule has 2 rings (SSSR count). The fraction of sp³-hybridized carbons (Fsp3) is 0.300. The molecule has 0 aliphatic heterocycles. The van der Waals surface area contributed by atoms with Crippen LogP contribution in [0.1, 0.15) is 21.5 Å². The van der Waals surface area contributed by atoms with E-state index in [4.69, 9.17) is 4.74 Å². The van der Waals surface area contributed by atoms with Crippen LogP contribution in [0.5, 0.6) is 0 Å². The van der Waals surface area contributed by atoms with Crippen LogP contribution in [0.25, 0.3) is 0 Å². The molecule has 0 fully saturated rings. The zero-order valence-electron chi connectivity index (χ0n) is 15.9. The van der Waals surface area contributed by atoms with Gasteiger partial charge in [-0.25, -0.2) is 8.42 Å². The minimum atomic E-state index is -3.69. The van der Waals surface area contributed by atoms with Crippen LogP contribution in [0.3, 0.4) is 0 Å². The van der Waals surface area contributed by atoms with Gasteiger partial charge in [-0.2, -0.15) is 0 Å². The lowest BCUT2D eigenvalue weighted by Crippen LogP contribution is -2.27. The normalized spacial score (nSPS) is 11.1. The monoisotopic (exact) mass is 404 g/mol. The average Bonchev–Trinajstić information content (AvgIpc) is 2.63. The summed E-state index contributed by atoms with van der Waals surface area (Å²) in [4.78, 5) is 24.1. The predicted octanol–water partition coefficient (Wildman–Crippen LogP) is 1.92. The second-order valence-electron chi connectivity index (χ2n) is 6.40. The summed E-state index contributed by atoms with van der Waals surface area (Å²) in [6.07, 6.45) is 0. The van der Waals surface area contributed by atoms with Crippen molar-refractivity contribution in [2.75, 3.05) is 31.3 Å². The summed E-state index contributed by atoms with van der Waals surface area (Å²) >= 11 is 0. The highest BCUT2D eigenvalue weighted by Gasteiger charge is 2.18. The summed E-state index contributed by atoms with van der Waals surface area (Å²) in [6, 6.07) is 13.4. The first-order valence-electron chi connectivity index (χ1n) is 8.72. The van der Waals surface area contributed by atoms with Crippen molar-refractivity contribution in [3.63, 3.8) is 0 Å². The molecule has 8 heteroatoms. The van der Waals surface area contributed by atoms with Gasteiger partial charge in [0.05, 0.1) is 12.4 Å². The standard InChI is InChI=1S/C20H24N2O5S/c1-15-6-8-18(9-7-15)22-19(23)14-28(25,26)13-16-4-3-5-17(12-16)20(24)21-10-11-27-2/h3-9,12H,10-11,13-14H2,1-2H3,(H,21,24)(H,22,23). The molecular weight excluding hydrogens is 380 g/mol. The van der Waals surface area contributed by atoms with Crippen LogP contribution in [0.2, 0.25) is 0 Å². The van der Waals surface area contributed by atoms with Crippen molar-refractivity contribution in [1.29, 1.82) is 0 Å². The number of amides is 2. The molecular formula is C20H24N2O5S. The van der Waals surface area contributed by atoms with Gasteiger partial charge in [-0.15, -0.1) is 0 Å². The first kappa shape index (κ1) is 21.6. The molecule has 0 unspecified atom stereocenters. The molecule has 2 amide bonds. The van der Waals surface area contributed by atoms with E-state index in [1.165, 1.54) is 13.2 Å².